The highest BCUT2D eigenvalue weighted by atomic mass is 19.1. The van der Waals surface area contributed by atoms with Crippen LogP contribution in [0.3, 0.4) is 0 Å². The maximum atomic E-state index is 13.6. The molecule has 2 N–H and O–H groups in total. The molecule has 1 amide bonds. The summed E-state index contributed by atoms with van der Waals surface area (Å²) in [7, 11) is 0. The second-order valence-corrected chi connectivity index (χ2v) is 5.06. The van der Waals surface area contributed by atoms with E-state index >= 15 is 0 Å². The van der Waals surface area contributed by atoms with E-state index in [9.17, 15) is 9.18 Å². The molecule has 0 aromatic heterocycles. The van der Waals surface area contributed by atoms with Crippen molar-refractivity contribution in [2.75, 3.05) is 0 Å². The summed E-state index contributed by atoms with van der Waals surface area (Å²) in [6.07, 6.45) is 3.17. The topological polar surface area (TPSA) is 49.3 Å². The molecular weight excluding hydrogens is 245 g/mol. The van der Waals surface area contributed by atoms with Crippen LogP contribution in [0.15, 0.2) is 12.1 Å². The fourth-order valence-electron chi connectivity index (χ4n) is 2.31. The standard InChI is InChI=1S/C15H22FNO2/c1-4-5-6-13(15(18)17-19)9-12-7-10(2)14(16)11(3)8-12/h7-8,13,19H,4-6,9H2,1-3H3,(H,17,18)/t13-/m0/s1. The average molecular weight is 267 g/mol. The van der Waals surface area contributed by atoms with Crippen LogP contribution < -0.4 is 5.48 Å². The maximum Gasteiger partial charge on any atom is 0.246 e. The van der Waals surface area contributed by atoms with Gasteiger partial charge in [0.15, 0.2) is 0 Å². The molecule has 106 valence electrons. The highest BCUT2D eigenvalue weighted by molar-refractivity contribution is 5.77. The zero-order valence-corrected chi connectivity index (χ0v) is 11.8. The van der Waals surface area contributed by atoms with E-state index in [1.54, 1.807) is 31.5 Å². The Morgan fingerprint density at radius 3 is 2.42 bits per heavy atom. The third-order valence-electron chi connectivity index (χ3n) is 3.37. The molecule has 0 saturated heterocycles. The van der Waals surface area contributed by atoms with Gasteiger partial charge in [0.1, 0.15) is 5.82 Å². The van der Waals surface area contributed by atoms with Crippen molar-refractivity contribution in [1.82, 2.24) is 5.48 Å². The van der Waals surface area contributed by atoms with Gasteiger partial charge < -0.3 is 0 Å². The van der Waals surface area contributed by atoms with Gasteiger partial charge in [0.2, 0.25) is 5.91 Å². The van der Waals surface area contributed by atoms with Gasteiger partial charge in [0, 0.05) is 5.92 Å². The van der Waals surface area contributed by atoms with Gasteiger partial charge in [-0.25, -0.2) is 9.87 Å². The average Bonchev–Trinajstić information content (AvgIpc) is 2.39. The van der Waals surface area contributed by atoms with Crippen LogP contribution in [0.5, 0.6) is 0 Å². The van der Waals surface area contributed by atoms with Crippen LogP contribution in [0.4, 0.5) is 4.39 Å². The lowest BCUT2D eigenvalue weighted by molar-refractivity contribution is -0.133. The van der Waals surface area contributed by atoms with Gasteiger partial charge >= 0.3 is 0 Å². The minimum Gasteiger partial charge on any atom is -0.289 e. The van der Waals surface area contributed by atoms with Crippen LogP contribution in [0.25, 0.3) is 0 Å². The molecular formula is C15H22FNO2. The van der Waals surface area contributed by atoms with Crippen molar-refractivity contribution in [1.29, 1.82) is 0 Å². The molecule has 0 unspecified atom stereocenters. The Morgan fingerprint density at radius 2 is 1.95 bits per heavy atom. The van der Waals surface area contributed by atoms with E-state index < -0.39 is 0 Å². The van der Waals surface area contributed by atoms with Crippen LogP contribution in [-0.4, -0.2) is 11.1 Å². The third-order valence-corrected chi connectivity index (χ3v) is 3.37. The predicted octanol–water partition coefficient (Wildman–Crippen LogP) is 3.30. The lowest BCUT2D eigenvalue weighted by Crippen LogP contribution is -2.29. The molecule has 4 heteroatoms. The van der Waals surface area contributed by atoms with Crippen LogP contribution >= 0.6 is 0 Å². The monoisotopic (exact) mass is 267 g/mol. The first-order valence-electron chi connectivity index (χ1n) is 6.69. The van der Waals surface area contributed by atoms with Crippen molar-refractivity contribution in [2.24, 2.45) is 5.92 Å². The maximum absolute atomic E-state index is 13.6. The number of hydrogen-bond donors (Lipinski definition) is 2. The van der Waals surface area contributed by atoms with Gasteiger partial charge in [-0.2, -0.15) is 0 Å². The summed E-state index contributed by atoms with van der Waals surface area (Å²) in [5, 5.41) is 8.78. The first kappa shape index (κ1) is 15.6. The largest absolute Gasteiger partial charge is 0.289 e. The normalized spacial score (nSPS) is 12.3. The minimum absolute atomic E-state index is 0.194. The van der Waals surface area contributed by atoms with Gasteiger partial charge in [-0.05, 0) is 43.4 Å². The van der Waals surface area contributed by atoms with Gasteiger partial charge in [-0.1, -0.05) is 31.9 Å². The number of hydrogen-bond acceptors (Lipinski definition) is 2. The molecule has 1 aromatic rings. The Hall–Kier alpha value is -1.42. The summed E-state index contributed by atoms with van der Waals surface area (Å²) in [6.45, 7) is 5.50. The zero-order valence-electron chi connectivity index (χ0n) is 11.8. The molecule has 0 spiro atoms. The van der Waals surface area contributed by atoms with Crippen molar-refractivity contribution in [3.63, 3.8) is 0 Å². The molecule has 0 heterocycles. The summed E-state index contributed by atoms with van der Waals surface area (Å²) >= 11 is 0. The number of unbranched alkanes of at least 4 members (excludes halogenated alkanes) is 1. The fourth-order valence-corrected chi connectivity index (χ4v) is 2.31. The number of carbonyl (C=O) groups is 1. The lowest BCUT2D eigenvalue weighted by Gasteiger charge is -2.15. The summed E-state index contributed by atoms with van der Waals surface area (Å²) in [5.41, 5.74) is 3.84. The quantitative estimate of drug-likeness (QED) is 0.613. The second kappa shape index (κ2) is 7.24. The van der Waals surface area contributed by atoms with E-state index in [2.05, 4.69) is 6.92 Å². The Kier molecular flexibility index (Phi) is 5.96. The Balaban J connectivity index is 2.86. The fraction of sp³-hybridized carbons (Fsp3) is 0.533. The highest BCUT2D eigenvalue weighted by Gasteiger charge is 2.18. The van der Waals surface area contributed by atoms with Crippen molar-refractivity contribution >= 4 is 5.91 Å². The summed E-state index contributed by atoms with van der Waals surface area (Å²) in [6, 6.07) is 3.54. The van der Waals surface area contributed by atoms with Gasteiger partial charge in [-0.15, -0.1) is 0 Å². The summed E-state index contributed by atoms with van der Waals surface area (Å²) in [5.74, 6) is -0.831. The molecule has 0 aliphatic carbocycles. The number of carbonyl (C=O) groups excluding carboxylic acids is 1. The molecule has 1 rings (SSSR count). The molecule has 0 aliphatic rings. The molecule has 19 heavy (non-hydrogen) atoms. The van der Waals surface area contributed by atoms with Crippen molar-refractivity contribution in [3.8, 4) is 0 Å². The van der Waals surface area contributed by atoms with Gasteiger partial charge in [-0.3, -0.25) is 10.0 Å². The van der Waals surface area contributed by atoms with E-state index in [0.717, 1.165) is 24.8 Å². The molecule has 3 nitrogen and oxygen atoms in total. The first-order valence-corrected chi connectivity index (χ1v) is 6.69. The van der Waals surface area contributed by atoms with E-state index in [1.807, 2.05) is 0 Å². The van der Waals surface area contributed by atoms with Crippen molar-refractivity contribution in [2.45, 2.75) is 46.5 Å². The van der Waals surface area contributed by atoms with Crippen LogP contribution in [0.1, 0.15) is 42.9 Å². The van der Waals surface area contributed by atoms with Crippen LogP contribution in [-0.2, 0) is 11.2 Å². The number of aryl methyl sites for hydroxylation is 2. The van der Waals surface area contributed by atoms with E-state index in [4.69, 9.17) is 5.21 Å². The number of nitrogens with one attached hydrogen (secondary N) is 1. The Labute approximate surface area is 113 Å². The number of halogens is 1. The van der Waals surface area contributed by atoms with Gasteiger partial charge in [0.25, 0.3) is 0 Å². The number of benzene rings is 1. The molecule has 0 fully saturated rings. The van der Waals surface area contributed by atoms with Crippen LogP contribution in [0, 0.1) is 25.6 Å². The number of amides is 1. The van der Waals surface area contributed by atoms with E-state index in [-0.39, 0.29) is 17.6 Å². The molecule has 1 atom stereocenters. The third kappa shape index (κ3) is 4.31. The predicted molar refractivity (Wildman–Crippen MR) is 72.5 cm³/mol. The molecule has 1 aromatic carbocycles. The number of rotatable bonds is 6. The summed E-state index contributed by atoms with van der Waals surface area (Å²) in [4.78, 5) is 11.6. The molecule has 0 aliphatic heterocycles. The second-order valence-electron chi connectivity index (χ2n) is 5.06. The highest BCUT2D eigenvalue weighted by Crippen LogP contribution is 2.20. The van der Waals surface area contributed by atoms with Crippen molar-refractivity contribution in [3.05, 3.63) is 34.6 Å². The number of hydroxylamine groups is 1. The Morgan fingerprint density at radius 1 is 1.37 bits per heavy atom. The zero-order chi connectivity index (χ0) is 14.4. The smallest absolute Gasteiger partial charge is 0.246 e. The SMILES string of the molecule is CCCC[C@@H](Cc1cc(C)c(F)c(C)c1)C(=O)NO. The first-order chi connectivity index (χ1) is 8.99. The Bertz CT molecular complexity index is 423. The molecule has 0 radical (unpaired) electrons. The minimum atomic E-state index is -0.368. The molecule has 0 bridgehead atoms. The van der Waals surface area contributed by atoms with E-state index in [1.165, 1.54) is 0 Å². The van der Waals surface area contributed by atoms with E-state index in [0.29, 0.717) is 17.5 Å². The summed E-state index contributed by atoms with van der Waals surface area (Å²) < 4.78 is 13.6. The lowest BCUT2D eigenvalue weighted by atomic mass is 9.92. The van der Waals surface area contributed by atoms with Crippen LogP contribution in [0.2, 0.25) is 0 Å². The van der Waals surface area contributed by atoms with Gasteiger partial charge in [0.05, 0.1) is 0 Å². The van der Waals surface area contributed by atoms with Crippen molar-refractivity contribution < 1.29 is 14.4 Å². The molecule has 0 saturated carbocycles.